The van der Waals surface area contributed by atoms with E-state index in [2.05, 4.69) is 4.98 Å². The Morgan fingerprint density at radius 3 is 2.11 bits per heavy atom. The van der Waals surface area contributed by atoms with E-state index in [1.54, 1.807) is 19.2 Å². The van der Waals surface area contributed by atoms with Crippen molar-refractivity contribution in [2.75, 3.05) is 7.11 Å². The first kappa shape index (κ1) is 20.2. The maximum absolute atomic E-state index is 11.7. The van der Waals surface area contributed by atoms with E-state index < -0.39 is 28.8 Å². The second-order valence-corrected chi connectivity index (χ2v) is 6.17. The van der Waals surface area contributed by atoms with Crippen LogP contribution in [0.4, 0.5) is 0 Å². The Kier molecular flexibility index (Phi) is 6.76. The molecule has 7 nitrogen and oxygen atoms in total. The smallest absolute Gasteiger partial charge is 0.340 e. The molecule has 0 saturated heterocycles. The lowest BCUT2D eigenvalue weighted by atomic mass is 9.97. The molecule has 1 heterocycles. The maximum Gasteiger partial charge on any atom is 0.340 e. The van der Waals surface area contributed by atoms with Gasteiger partial charge in [-0.3, -0.25) is 4.98 Å². The van der Waals surface area contributed by atoms with Gasteiger partial charge >= 0.3 is 11.9 Å². The van der Waals surface area contributed by atoms with Gasteiger partial charge in [0.1, 0.15) is 11.3 Å². The van der Waals surface area contributed by atoms with Gasteiger partial charge in [0.15, 0.2) is 5.75 Å². The van der Waals surface area contributed by atoms with Gasteiger partial charge in [-0.1, -0.05) is 25.5 Å². The Balaban J connectivity index is 2.43. The highest BCUT2D eigenvalue weighted by Gasteiger charge is 2.28. The number of aromatic carboxylic acids is 2. The number of ether oxygens (including phenoxy) is 1. The van der Waals surface area contributed by atoms with E-state index in [-0.39, 0.29) is 17.8 Å². The first-order valence-corrected chi connectivity index (χ1v) is 8.73. The summed E-state index contributed by atoms with van der Waals surface area (Å²) in [6.45, 7) is 1.96. The number of rotatable bonds is 9. The van der Waals surface area contributed by atoms with Crippen molar-refractivity contribution in [3.63, 3.8) is 0 Å². The van der Waals surface area contributed by atoms with Gasteiger partial charge in [0.25, 0.3) is 0 Å². The molecule has 0 unspecified atom stereocenters. The predicted octanol–water partition coefficient (Wildman–Crippen LogP) is 3.32. The molecule has 7 heteroatoms. The van der Waals surface area contributed by atoms with Crippen molar-refractivity contribution in [1.29, 1.82) is 0 Å². The average molecular weight is 373 g/mol. The Bertz CT molecular complexity index is 829. The van der Waals surface area contributed by atoms with Crippen molar-refractivity contribution >= 4 is 11.9 Å². The van der Waals surface area contributed by atoms with Crippen LogP contribution in [0.15, 0.2) is 24.3 Å². The van der Waals surface area contributed by atoms with Gasteiger partial charge in [-0.15, -0.1) is 0 Å². The average Bonchev–Trinajstić information content (AvgIpc) is 2.65. The highest BCUT2D eigenvalue weighted by molar-refractivity contribution is 6.04. The van der Waals surface area contributed by atoms with Gasteiger partial charge in [0, 0.05) is 0 Å². The Morgan fingerprint density at radius 2 is 1.59 bits per heavy atom. The molecular weight excluding hydrogens is 350 g/mol. The van der Waals surface area contributed by atoms with Crippen molar-refractivity contribution in [1.82, 2.24) is 4.98 Å². The van der Waals surface area contributed by atoms with Crippen molar-refractivity contribution in [3.05, 3.63) is 52.3 Å². The topological polar surface area (TPSA) is 117 Å². The quantitative estimate of drug-likeness (QED) is 0.617. The van der Waals surface area contributed by atoms with Crippen LogP contribution in [0.1, 0.15) is 57.4 Å². The predicted molar refractivity (Wildman–Crippen MR) is 98.8 cm³/mol. The number of aromatic nitrogens is 1. The third kappa shape index (κ3) is 4.75. The number of carboxylic acids is 2. The summed E-state index contributed by atoms with van der Waals surface area (Å²) < 4.78 is 5.11. The van der Waals surface area contributed by atoms with E-state index in [0.29, 0.717) is 25.0 Å². The molecule has 27 heavy (non-hydrogen) atoms. The van der Waals surface area contributed by atoms with Crippen LogP contribution in [0, 0.1) is 0 Å². The van der Waals surface area contributed by atoms with Crippen molar-refractivity contribution < 1.29 is 29.6 Å². The molecule has 1 aromatic heterocycles. The highest BCUT2D eigenvalue weighted by Crippen LogP contribution is 2.29. The minimum absolute atomic E-state index is 0.166. The number of carboxylic acid groups (broad SMARTS) is 2. The fraction of sp³-hybridized carbons (Fsp3) is 0.350. The zero-order valence-corrected chi connectivity index (χ0v) is 15.4. The molecule has 0 aliphatic heterocycles. The largest absolute Gasteiger partial charge is 0.505 e. The van der Waals surface area contributed by atoms with Crippen LogP contribution in [-0.2, 0) is 19.3 Å². The lowest BCUT2D eigenvalue weighted by Crippen LogP contribution is -2.16. The van der Waals surface area contributed by atoms with E-state index in [0.717, 1.165) is 12.0 Å². The van der Waals surface area contributed by atoms with E-state index in [4.69, 9.17) is 4.74 Å². The van der Waals surface area contributed by atoms with Crippen LogP contribution < -0.4 is 4.74 Å². The van der Waals surface area contributed by atoms with Gasteiger partial charge in [0.05, 0.1) is 24.1 Å². The van der Waals surface area contributed by atoms with Gasteiger partial charge in [-0.05, 0) is 43.4 Å². The third-order valence-corrected chi connectivity index (χ3v) is 4.32. The Labute approximate surface area is 157 Å². The Hall–Kier alpha value is -3.09. The minimum Gasteiger partial charge on any atom is -0.505 e. The fourth-order valence-corrected chi connectivity index (χ4v) is 2.87. The van der Waals surface area contributed by atoms with Gasteiger partial charge < -0.3 is 20.1 Å². The van der Waals surface area contributed by atoms with Crippen LogP contribution in [-0.4, -0.2) is 39.4 Å². The van der Waals surface area contributed by atoms with Crippen molar-refractivity contribution in [3.8, 4) is 11.5 Å². The van der Waals surface area contributed by atoms with Gasteiger partial charge in [0.2, 0.25) is 0 Å². The molecule has 0 aliphatic rings. The number of hydrogen-bond acceptors (Lipinski definition) is 5. The number of benzene rings is 1. The van der Waals surface area contributed by atoms with Gasteiger partial charge in [-0.25, -0.2) is 9.59 Å². The summed E-state index contributed by atoms with van der Waals surface area (Å²) in [7, 11) is 1.57. The zero-order valence-electron chi connectivity index (χ0n) is 15.4. The van der Waals surface area contributed by atoms with E-state index in [1.807, 2.05) is 19.1 Å². The monoisotopic (exact) mass is 373 g/mol. The fourth-order valence-electron chi connectivity index (χ4n) is 2.87. The molecule has 0 radical (unpaired) electrons. The standard InChI is InChI=1S/C20H23NO6/c1-3-4-5-15-18(22)17(20(25)26)16(19(23)24)14(21-15)11-8-12-6-9-13(27-2)10-7-12/h6-7,9-10,22H,3-5,8,11H2,1-2H3,(H,23,24)(H,25,26). The molecule has 144 valence electrons. The molecule has 0 fully saturated rings. The number of aromatic hydroxyl groups is 1. The molecule has 2 rings (SSSR count). The Morgan fingerprint density at radius 1 is 0.963 bits per heavy atom. The van der Waals surface area contributed by atoms with Gasteiger partial charge in [-0.2, -0.15) is 0 Å². The molecule has 1 aromatic carbocycles. The minimum atomic E-state index is -1.48. The molecule has 0 aliphatic carbocycles. The second kappa shape index (κ2) is 9.02. The number of methoxy groups -OCH3 is 1. The van der Waals surface area contributed by atoms with E-state index in [1.165, 1.54) is 0 Å². The summed E-state index contributed by atoms with van der Waals surface area (Å²) in [5.74, 6) is -2.73. The number of carbonyl (C=O) groups is 2. The summed E-state index contributed by atoms with van der Waals surface area (Å²) >= 11 is 0. The normalized spacial score (nSPS) is 10.6. The third-order valence-electron chi connectivity index (χ3n) is 4.32. The molecule has 0 saturated carbocycles. The summed E-state index contributed by atoms with van der Waals surface area (Å²) in [6.07, 6.45) is 2.66. The molecule has 0 atom stereocenters. The van der Waals surface area contributed by atoms with Crippen LogP contribution in [0.25, 0.3) is 0 Å². The van der Waals surface area contributed by atoms with Crippen molar-refractivity contribution in [2.45, 2.75) is 39.0 Å². The number of hydrogen-bond donors (Lipinski definition) is 3. The number of nitrogens with zero attached hydrogens (tertiary/aromatic N) is 1. The second-order valence-electron chi connectivity index (χ2n) is 6.17. The molecule has 0 amide bonds. The summed E-state index contributed by atoms with van der Waals surface area (Å²) in [6, 6.07) is 7.31. The van der Waals surface area contributed by atoms with Crippen LogP contribution in [0.2, 0.25) is 0 Å². The summed E-state index contributed by atoms with van der Waals surface area (Å²) in [5, 5.41) is 29.2. The first-order chi connectivity index (χ1) is 12.9. The molecule has 0 spiro atoms. The maximum atomic E-state index is 11.7. The summed E-state index contributed by atoms with van der Waals surface area (Å²) in [5.41, 5.74) is 0.291. The van der Waals surface area contributed by atoms with Crippen LogP contribution >= 0.6 is 0 Å². The number of unbranched alkanes of at least 4 members (excludes halogenated alkanes) is 1. The molecule has 2 aromatic rings. The van der Waals surface area contributed by atoms with Crippen molar-refractivity contribution in [2.24, 2.45) is 0 Å². The van der Waals surface area contributed by atoms with E-state index in [9.17, 15) is 24.9 Å². The SMILES string of the molecule is CCCCc1nc(CCc2ccc(OC)cc2)c(C(=O)O)c(C(=O)O)c1O. The van der Waals surface area contributed by atoms with Crippen LogP contribution in [0.3, 0.4) is 0 Å². The lowest BCUT2D eigenvalue weighted by molar-refractivity contribution is 0.0646. The lowest BCUT2D eigenvalue weighted by Gasteiger charge is -2.14. The number of aryl methyl sites for hydroxylation is 3. The first-order valence-electron chi connectivity index (χ1n) is 8.73. The molecule has 3 N–H and O–H groups in total. The molecular formula is C20H23NO6. The van der Waals surface area contributed by atoms with E-state index >= 15 is 0 Å². The molecule has 0 bridgehead atoms. The number of pyridine rings is 1. The van der Waals surface area contributed by atoms with Crippen LogP contribution in [0.5, 0.6) is 11.5 Å². The zero-order chi connectivity index (χ0) is 20.0. The highest BCUT2D eigenvalue weighted by atomic mass is 16.5. The summed E-state index contributed by atoms with van der Waals surface area (Å²) in [4.78, 5) is 27.6.